The maximum atomic E-state index is 12.4. The number of hydrogen-bond acceptors (Lipinski definition) is 5. The second-order valence-electron chi connectivity index (χ2n) is 6.96. The quantitative estimate of drug-likeness (QED) is 0.837. The molecular weight excluding hydrogens is 360 g/mol. The van der Waals surface area contributed by atoms with Crippen LogP contribution in [-0.2, 0) is 4.79 Å². The summed E-state index contributed by atoms with van der Waals surface area (Å²) >= 11 is 0. The monoisotopic (exact) mass is 382 g/mol. The van der Waals surface area contributed by atoms with Crippen molar-refractivity contribution in [2.24, 2.45) is 0 Å². The minimum absolute atomic E-state index is 0.0718. The van der Waals surface area contributed by atoms with Crippen molar-refractivity contribution in [1.29, 1.82) is 0 Å². The number of piperidine rings is 1. The van der Waals surface area contributed by atoms with Crippen LogP contribution in [0.5, 0.6) is 11.5 Å². The molecule has 0 aliphatic carbocycles. The maximum Gasteiger partial charge on any atom is 0.251 e. The number of carbonyl (C=O) groups excluding carboxylic acids is 2. The molecule has 1 saturated heterocycles. The molecule has 4 rings (SSSR count). The summed E-state index contributed by atoms with van der Waals surface area (Å²) < 4.78 is 10.7. The molecular formula is C21H22N2O5. The van der Waals surface area contributed by atoms with E-state index >= 15 is 0 Å². The van der Waals surface area contributed by atoms with E-state index < -0.39 is 6.10 Å². The summed E-state index contributed by atoms with van der Waals surface area (Å²) in [6.45, 7) is 0.882. The maximum absolute atomic E-state index is 12.4. The van der Waals surface area contributed by atoms with Gasteiger partial charge >= 0.3 is 0 Å². The van der Waals surface area contributed by atoms with Gasteiger partial charge in [0.15, 0.2) is 11.5 Å². The fraction of sp³-hybridized carbons (Fsp3) is 0.333. The lowest BCUT2D eigenvalue weighted by molar-refractivity contribution is -0.133. The Morgan fingerprint density at radius 1 is 1.11 bits per heavy atom. The molecule has 2 atom stereocenters. The lowest BCUT2D eigenvalue weighted by atomic mass is 9.87. The average Bonchev–Trinajstić information content (AvgIpc) is 3.20. The van der Waals surface area contributed by atoms with E-state index in [1.54, 1.807) is 29.2 Å². The molecule has 0 bridgehead atoms. The standard InChI is InChI=1S/C21H22N2O5/c24-17-12-23(20(25)11-22-21(26)14-4-2-1-3-5-14)9-8-16(17)15-6-7-18-19(10-15)28-13-27-18/h1-7,10,16-17,24H,8-9,11-13H2,(H,22,26)/t16-,17+/m0/s1. The molecule has 2 aromatic carbocycles. The first-order valence-corrected chi connectivity index (χ1v) is 9.30. The Morgan fingerprint density at radius 2 is 1.89 bits per heavy atom. The topological polar surface area (TPSA) is 88.1 Å². The van der Waals surface area contributed by atoms with Gasteiger partial charge in [-0.3, -0.25) is 9.59 Å². The molecule has 0 spiro atoms. The molecule has 2 aliphatic heterocycles. The van der Waals surface area contributed by atoms with E-state index in [9.17, 15) is 14.7 Å². The number of carbonyl (C=O) groups is 2. The molecule has 146 valence electrons. The lowest BCUT2D eigenvalue weighted by Gasteiger charge is -2.36. The average molecular weight is 382 g/mol. The van der Waals surface area contributed by atoms with Crippen molar-refractivity contribution in [2.45, 2.75) is 18.4 Å². The highest BCUT2D eigenvalue weighted by atomic mass is 16.7. The van der Waals surface area contributed by atoms with Crippen LogP contribution < -0.4 is 14.8 Å². The SMILES string of the molecule is O=C(NCC(=O)N1CC[C@@H](c2ccc3c(c2)OCO3)[C@H](O)C1)c1ccccc1. The summed E-state index contributed by atoms with van der Waals surface area (Å²) in [5, 5.41) is 13.2. The second kappa shape index (κ2) is 7.90. The summed E-state index contributed by atoms with van der Waals surface area (Å²) in [7, 11) is 0. The fourth-order valence-corrected chi connectivity index (χ4v) is 3.65. The van der Waals surface area contributed by atoms with Gasteiger partial charge in [0.05, 0.1) is 12.6 Å². The molecule has 28 heavy (non-hydrogen) atoms. The summed E-state index contributed by atoms with van der Waals surface area (Å²) in [6.07, 6.45) is -0.0398. The van der Waals surface area contributed by atoms with Crippen molar-refractivity contribution in [3.8, 4) is 11.5 Å². The third-order valence-corrected chi connectivity index (χ3v) is 5.20. The Hall–Kier alpha value is -3.06. The molecule has 0 radical (unpaired) electrons. The number of fused-ring (bicyclic) bond motifs is 1. The Balaban J connectivity index is 1.32. The van der Waals surface area contributed by atoms with E-state index in [0.717, 1.165) is 5.56 Å². The van der Waals surface area contributed by atoms with Crippen molar-refractivity contribution in [3.63, 3.8) is 0 Å². The zero-order valence-electron chi connectivity index (χ0n) is 15.3. The summed E-state index contributed by atoms with van der Waals surface area (Å²) in [4.78, 5) is 26.1. The summed E-state index contributed by atoms with van der Waals surface area (Å²) in [5.74, 6) is 0.835. The largest absolute Gasteiger partial charge is 0.454 e. The minimum Gasteiger partial charge on any atom is -0.454 e. The van der Waals surface area contributed by atoms with Gasteiger partial charge in [-0.1, -0.05) is 24.3 Å². The Kier molecular flexibility index (Phi) is 5.16. The number of nitrogens with one attached hydrogen (secondary N) is 1. The van der Waals surface area contributed by atoms with E-state index in [1.807, 2.05) is 24.3 Å². The van der Waals surface area contributed by atoms with E-state index in [2.05, 4.69) is 5.32 Å². The van der Waals surface area contributed by atoms with Gasteiger partial charge in [0.2, 0.25) is 12.7 Å². The van der Waals surface area contributed by atoms with Gasteiger partial charge in [-0.15, -0.1) is 0 Å². The van der Waals surface area contributed by atoms with Gasteiger partial charge in [-0.05, 0) is 36.2 Å². The van der Waals surface area contributed by atoms with E-state index in [0.29, 0.717) is 30.0 Å². The molecule has 2 N–H and O–H groups in total. The van der Waals surface area contributed by atoms with Gasteiger partial charge in [0.25, 0.3) is 5.91 Å². The Bertz CT molecular complexity index is 870. The van der Waals surface area contributed by atoms with Crippen LogP contribution in [0.1, 0.15) is 28.3 Å². The van der Waals surface area contributed by atoms with Crippen LogP contribution in [-0.4, -0.2) is 54.4 Å². The number of benzene rings is 2. The predicted molar refractivity (Wildman–Crippen MR) is 101 cm³/mol. The number of ether oxygens (including phenoxy) is 2. The first-order valence-electron chi connectivity index (χ1n) is 9.30. The highest BCUT2D eigenvalue weighted by Crippen LogP contribution is 2.37. The van der Waals surface area contributed by atoms with E-state index in [1.165, 1.54) is 0 Å². The number of rotatable bonds is 4. The molecule has 1 fully saturated rings. The predicted octanol–water partition coefficient (Wildman–Crippen LogP) is 1.52. The zero-order valence-corrected chi connectivity index (χ0v) is 15.3. The lowest BCUT2D eigenvalue weighted by Crippen LogP contribution is -2.49. The number of nitrogens with zero attached hydrogens (tertiary/aromatic N) is 1. The smallest absolute Gasteiger partial charge is 0.251 e. The normalized spacial score (nSPS) is 20.7. The van der Waals surface area contributed by atoms with Gasteiger partial charge in [0, 0.05) is 24.6 Å². The number of aliphatic hydroxyl groups is 1. The minimum atomic E-state index is -0.678. The van der Waals surface area contributed by atoms with Crippen molar-refractivity contribution in [1.82, 2.24) is 10.2 Å². The van der Waals surface area contributed by atoms with E-state index in [4.69, 9.17) is 9.47 Å². The molecule has 0 aromatic heterocycles. The highest BCUT2D eigenvalue weighted by molar-refractivity contribution is 5.96. The van der Waals surface area contributed by atoms with Crippen LogP contribution in [0.2, 0.25) is 0 Å². The van der Waals surface area contributed by atoms with Crippen LogP contribution in [0.25, 0.3) is 0 Å². The molecule has 2 aromatic rings. The molecule has 7 nitrogen and oxygen atoms in total. The Morgan fingerprint density at radius 3 is 2.68 bits per heavy atom. The van der Waals surface area contributed by atoms with E-state index in [-0.39, 0.29) is 37.6 Å². The second-order valence-corrected chi connectivity index (χ2v) is 6.96. The first-order chi connectivity index (χ1) is 13.6. The van der Waals surface area contributed by atoms with Gasteiger partial charge < -0.3 is 24.8 Å². The van der Waals surface area contributed by atoms with Crippen LogP contribution in [0, 0.1) is 0 Å². The van der Waals surface area contributed by atoms with Crippen molar-refractivity contribution >= 4 is 11.8 Å². The number of aliphatic hydroxyl groups excluding tert-OH is 1. The van der Waals surface area contributed by atoms with Crippen molar-refractivity contribution in [2.75, 3.05) is 26.4 Å². The van der Waals surface area contributed by atoms with Gasteiger partial charge in [-0.2, -0.15) is 0 Å². The number of likely N-dealkylation sites (tertiary alicyclic amines) is 1. The molecule has 2 heterocycles. The third kappa shape index (κ3) is 3.80. The van der Waals surface area contributed by atoms with Crippen LogP contribution in [0.15, 0.2) is 48.5 Å². The molecule has 0 unspecified atom stereocenters. The highest BCUT2D eigenvalue weighted by Gasteiger charge is 2.32. The van der Waals surface area contributed by atoms with Crippen LogP contribution >= 0.6 is 0 Å². The number of amides is 2. The molecule has 0 saturated carbocycles. The third-order valence-electron chi connectivity index (χ3n) is 5.20. The Labute approximate surface area is 162 Å². The van der Waals surface area contributed by atoms with Crippen LogP contribution in [0.4, 0.5) is 0 Å². The fourth-order valence-electron chi connectivity index (χ4n) is 3.65. The first kappa shape index (κ1) is 18.3. The molecule has 2 aliphatic rings. The number of hydrogen-bond donors (Lipinski definition) is 2. The zero-order chi connectivity index (χ0) is 19.5. The van der Waals surface area contributed by atoms with Gasteiger partial charge in [-0.25, -0.2) is 0 Å². The van der Waals surface area contributed by atoms with Crippen LogP contribution in [0.3, 0.4) is 0 Å². The summed E-state index contributed by atoms with van der Waals surface area (Å²) in [6, 6.07) is 14.4. The van der Waals surface area contributed by atoms with Crippen molar-refractivity contribution in [3.05, 3.63) is 59.7 Å². The van der Waals surface area contributed by atoms with Gasteiger partial charge in [0.1, 0.15) is 0 Å². The molecule has 2 amide bonds. The summed E-state index contributed by atoms with van der Waals surface area (Å²) in [5.41, 5.74) is 1.48. The van der Waals surface area contributed by atoms with Crippen molar-refractivity contribution < 1.29 is 24.2 Å². The molecule has 7 heteroatoms. The number of β-amino-alcohol motifs (C(OH)–C–C–N with tert-alkyl or cyclic N) is 1.